The third-order valence-corrected chi connectivity index (χ3v) is 3.02. The molecule has 1 heterocycles. The highest BCUT2D eigenvalue weighted by Gasteiger charge is 2.38. The highest BCUT2D eigenvalue weighted by atomic mass is 15.5. The van der Waals surface area contributed by atoms with E-state index in [0.29, 0.717) is 6.04 Å². The van der Waals surface area contributed by atoms with Crippen molar-refractivity contribution in [2.75, 3.05) is 13.1 Å². The summed E-state index contributed by atoms with van der Waals surface area (Å²) in [6.45, 7) is 20.0. The van der Waals surface area contributed by atoms with Crippen LogP contribution in [0.15, 0.2) is 4.99 Å². The molecule has 0 saturated carbocycles. The first-order valence-corrected chi connectivity index (χ1v) is 6.66. The van der Waals surface area contributed by atoms with Crippen molar-refractivity contribution in [1.29, 1.82) is 0 Å². The van der Waals surface area contributed by atoms with Gasteiger partial charge in [0.15, 0.2) is 5.96 Å². The topological polar surface area (TPSA) is 18.8 Å². The van der Waals surface area contributed by atoms with E-state index in [0.717, 1.165) is 13.1 Å². The monoisotopic (exact) mass is 239 g/mol. The summed E-state index contributed by atoms with van der Waals surface area (Å²) in [6, 6.07) is 0.345. The second-order valence-electron chi connectivity index (χ2n) is 7.17. The summed E-state index contributed by atoms with van der Waals surface area (Å²) in [7, 11) is 0. The zero-order valence-electron chi connectivity index (χ0n) is 12.8. The lowest BCUT2D eigenvalue weighted by molar-refractivity contribution is 0.245. The number of aliphatic imine (C=N–C) groups is 1. The minimum absolute atomic E-state index is 0.147. The highest BCUT2D eigenvalue weighted by molar-refractivity contribution is 5.83. The molecule has 1 fully saturated rings. The van der Waals surface area contributed by atoms with Gasteiger partial charge < -0.3 is 9.80 Å². The molecule has 1 rings (SSSR count). The van der Waals surface area contributed by atoms with Crippen molar-refractivity contribution in [3.63, 3.8) is 0 Å². The van der Waals surface area contributed by atoms with Crippen LogP contribution in [-0.4, -0.2) is 46.0 Å². The Hall–Kier alpha value is -0.730. The number of nitrogens with zero attached hydrogens (tertiary/aromatic N) is 3. The molecule has 1 aliphatic heterocycles. The summed E-state index contributed by atoms with van der Waals surface area (Å²) in [4.78, 5) is 9.70. The summed E-state index contributed by atoms with van der Waals surface area (Å²) in [6.07, 6.45) is 0. The fraction of sp³-hybridized carbons (Fsp3) is 0.929. The maximum Gasteiger partial charge on any atom is 0.197 e. The van der Waals surface area contributed by atoms with Crippen molar-refractivity contribution in [3.05, 3.63) is 0 Å². The van der Waals surface area contributed by atoms with Crippen molar-refractivity contribution >= 4 is 5.96 Å². The SMILES string of the molecule is CC(C)N=C1N(C(C)(C)C)CCN1C(C)(C)C. The first-order chi connectivity index (χ1) is 7.53. The van der Waals surface area contributed by atoms with E-state index in [1.165, 1.54) is 5.96 Å². The molecule has 0 atom stereocenters. The van der Waals surface area contributed by atoms with Gasteiger partial charge >= 0.3 is 0 Å². The van der Waals surface area contributed by atoms with Crippen LogP contribution in [-0.2, 0) is 0 Å². The van der Waals surface area contributed by atoms with Crippen molar-refractivity contribution < 1.29 is 0 Å². The summed E-state index contributed by atoms with van der Waals surface area (Å²) in [5, 5.41) is 0. The maximum atomic E-state index is 4.84. The first-order valence-electron chi connectivity index (χ1n) is 6.66. The van der Waals surface area contributed by atoms with Crippen LogP contribution in [0.4, 0.5) is 0 Å². The molecule has 0 spiro atoms. The van der Waals surface area contributed by atoms with Gasteiger partial charge in [-0.05, 0) is 55.4 Å². The minimum Gasteiger partial charge on any atom is -0.336 e. The molecule has 0 radical (unpaired) electrons. The van der Waals surface area contributed by atoms with Gasteiger partial charge in [0.1, 0.15) is 0 Å². The summed E-state index contributed by atoms with van der Waals surface area (Å²) in [5.41, 5.74) is 0.293. The Kier molecular flexibility index (Phi) is 3.80. The van der Waals surface area contributed by atoms with Crippen molar-refractivity contribution in [2.24, 2.45) is 4.99 Å². The average Bonchev–Trinajstić information content (AvgIpc) is 2.43. The number of hydrogen-bond acceptors (Lipinski definition) is 1. The second kappa shape index (κ2) is 4.51. The fourth-order valence-corrected chi connectivity index (χ4v) is 2.19. The Morgan fingerprint density at radius 2 is 1.24 bits per heavy atom. The average molecular weight is 239 g/mol. The Balaban J connectivity index is 3.07. The molecule has 0 aliphatic carbocycles. The van der Waals surface area contributed by atoms with Gasteiger partial charge in [-0.25, -0.2) is 0 Å². The van der Waals surface area contributed by atoms with E-state index in [9.17, 15) is 0 Å². The Bertz CT molecular complexity index is 268. The van der Waals surface area contributed by atoms with Gasteiger partial charge in [-0.1, -0.05) is 0 Å². The van der Waals surface area contributed by atoms with Gasteiger partial charge in [-0.15, -0.1) is 0 Å². The molecule has 1 aliphatic rings. The van der Waals surface area contributed by atoms with Crippen LogP contribution in [0.1, 0.15) is 55.4 Å². The molecule has 100 valence electrons. The maximum absolute atomic E-state index is 4.84. The van der Waals surface area contributed by atoms with Crippen molar-refractivity contribution in [3.8, 4) is 0 Å². The molecular weight excluding hydrogens is 210 g/mol. The molecular formula is C14H29N3. The van der Waals surface area contributed by atoms with E-state index in [1.54, 1.807) is 0 Å². The molecule has 3 heteroatoms. The quantitative estimate of drug-likeness (QED) is 0.700. The number of guanidine groups is 1. The van der Waals surface area contributed by atoms with Gasteiger partial charge in [-0.3, -0.25) is 4.99 Å². The molecule has 0 bridgehead atoms. The lowest BCUT2D eigenvalue weighted by Gasteiger charge is -2.39. The van der Waals surface area contributed by atoms with Crippen LogP contribution in [0.3, 0.4) is 0 Å². The third-order valence-electron chi connectivity index (χ3n) is 3.02. The first kappa shape index (κ1) is 14.3. The molecule has 3 nitrogen and oxygen atoms in total. The van der Waals surface area contributed by atoms with Crippen molar-refractivity contribution in [1.82, 2.24) is 9.80 Å². The Morgan fingerprint density at radius 3 is 1.47 bits per heavy atom. The van der Waals surface area contributed by atoms with Crippen LogP contribution >= 0.6 is 0 Å². The Morgan fingerprint density at radius 1 is 0.882 bits per heavy atom. The molecule has 0 unspecified atom stereocenters. The molecule has 0 N–H and O–H groups in total. The smallest absolute Gasteiger partial charge is 0.197 e. The predicted octanol–water partition coefficient (Wildman–Crippen LogP) is 2.97. The highest BCUT2D eigenvalue weighted by Crippen LogP contribution is 2.26. The van der Waals surface area contributed by atoms with Crippen molar-refractivity contribution in [2.45, 2.75) is 72.5 Å². The van der Waals surface area contributed by atoms with Crippen LogP contribution < -0.4 is 0 Å². The summed E-state index contributed by atoms with van der Waals surface area (Å²) >= 11 is 0. The normalized spacial score (nSPS) is 18.3. The zero-order valence-corrected chi connectivity index (χ0v) is 12.8. The lowest BCUT2D eigenvalue weighted by Crippen LogP contribution is -2.50. The molecule has 1 saturated heterocycles. The van der Waals surface area contributed by atoms with E-state index in [-0.39, 0.29) is 11.1 Å². The van der Waals surface area contributed by atoms with Gasteiger partial charge in [0, 0.05) is 30.2 Å². The van der Waals surface area contributed by atoms with E-state index < -0.39 is 0 Å². The standard InChI is InChI=1S/C14H29N3/c1-11(2)15-12-16(13(3,4)5)9-10-17(12)14(6,7)8/h11H,9-10H2,1-8H3. The summed E-state index contributed by atoms with van der Waals surface area (Å²) < 4.78 is 0. The molecule has 0 aromatic rings. The largest absolute Gasteiger partial charge is 0.336 e. The van der Waals surface area contributed by atoms with E-state index in [2.05, 4.69) is 65.2 Å². The molecule has 0 aromatic carbocycles. The molecule has 0 amide bonds. The lowest BCUT2D eigenvalue weighted by atomic mass is 10.1. The van der Waals surface area contributed by atoms with E-state index in [1.807, 2.05) is 0 Å². The second-order valence-corrected chi connectivity index (χ2v) is 7.17. The van der Waals surface area contributed by atoms with Gasteiger partial charge in [0.25, 0.3) is 0 Å². The van der Waals surface area contributed by atoms with Gasteiger partial charge in [0.05, 0.1) is 0 Å². The molecule has 0 aromatic heterocycles. The predicted molar refractivity (Wildman–Crippen MR) is 75.5 cm³/mol. The van der Waals surface area contributed by atoms with Crippen LogP contribution in [0.25, 0.3) is 0 Å². The van der Waals surface area contributed by atoms with Gasteiger partial charge in [-0.2, -0.15) is 0 Å². The summed E-state index contributed by atoms with van der Waals surface area (Å²) in [5.74, 6) is 1.17. The van der Waals surface area contributed by atoms with Gasteiger partial charge in [0.2, 0.25) is 0 Å². The minimum atomic E-state index is 0.147. The fourth-order valence-electron chi connectivity index (χ4n) is 2.19. The zero-order chi connectivity index (χ0) is 13.4. The van der Waals surface area contributed by atoms with E-state index >= 15 is 0 Å². The number of rotatable bonds is 1. The van der Waals surface area contributed by atoms with Crippen LogP contribution in [0.2, 0.25) is 0 Å². The Labute approximate surface area is 107 Å². The third kappa shape index (κ3) is 3.36. The van der Waals surface area contributed by atoms with Crippen LogP contribution in [0, 0.1) is 0 Å². The number of hydrogen-bond donors (Lipinski definition) is 0. The molecule has 17 heavy (non-hydrogen) atoms. The van der Waals surface area contributed by atoms with Crippen LogP contribution in [0.5, 0.6) is 0 Å². The van der Waals surface area contributed by atoms with E-state index in [4.69, 9.17) is 4.99 Å².